The summed E-state index contributed by atoms with van der Waals surface area (Å²) in [6, 6.07) is 20.5. The van der Waals surface area contributed by atoms with Gasteiger partial charge in [-0.05, 0) is 35.2 Å². The molecule has 0 radical (unpaired) electrons. The Balaban J connectivity index is 2.11. The molecule has 0 fully saturated rings. The zero-order chi connectivity index (χ0) is 30.2. The molecule has 0 aliphatic carbocycles. The summed E-state index contributed by atoms with van der Waals surface area (Å²) in [5, 5.41) is 3.30. The van der Waals surface area contributed by atoms with E-state index in [0.29, 0.717) is 17.1 Å². The first kappa shape index (κ1) is 32.0. The van der Waals surface area contributed by atoms with Crippen molar-refractivity contribution in [1.82, 2.24) is 14.5 Å². The quantitative estimate of drug-likeness (QED) is 0.312. The van der Waals surface area contributed by atoms with Crippen LogP contribution in [0.15, 0.2) is 78.9 Å². The highest BCUT2D eigenvalue weighted by atomic mass is 35.5. The lowest BCUT2D eigenvalue weighted by Crippen LogP contribution is -2.54. The van der Waals surface area contributed by atoms with E-state index in [0.717, 1.165) is 20.2 Å². The zero-order valence-electron chi connectivity index (χ0n) is 23.6. The molecule has 8 nitrogen and oxygen atoms in total. The zero-order valence-corrected chi connectivity index (χ0v) is 25.2. The van der Waals surface area contributed by atoms with Crippen molar-refractivity contribution < 1.29 is 22.4 Å². The van der Waals surface area contributed by atoms with E-state index in [1.54, 1.807) is 24.3 Å². The fourth-order valence-corrected chi connectivity index (χ4v) is 5.40. The van der Waals surface area contributed by atoms with Crippen LogP contribution in [0.4, 0.5) is 10.1 Å². The van der Waals surface area contributed by atoms with Crippen molar-refractivity contribution in [2.45, 2.75) is 32.9 Å². The van der Waals surface area contributed by atoms with E-state index in [1.165, 1.54) is 37.2 Å². The van der Waals surface area contributed by atoms with Gasteiger partial charge in [-0.15, -0.1) is 0 Å². The molecule has 3 aromatic carbocycles. The molecule has 220 valence electrons. The fraction of sp³-hybridized carbons (Fsp3) is 0.333. The molecule has 0 spiro atoms. The number of hydrogen-bond acceptors (Lipinski definition) is 4. The van der Waals surface area contributed by atoms with Crippen LogP contribution in [0.1, 0.15) is 25.0 Å². The second-order valence-corrected chi connectivity index (χ2v) is 12.7. The first-order valence-electron chi connectivity index (χ1n) is 13.2. The van der Waals surface area contributed by atoms with Crippen molar-refractivity contribution in [2.24, 2.45) is 5.92 Å². The van der Waals surface area contributed by atoms with E-state index in [9.17, 15) is 22.4 Å². The van der Waals surface area contributed by atoms with Gasteiger partial charge in [0.05, 0.1) is 5.69 Å². The van der Waals surface area contributed by atoms with Crippen molar-refractivity contribution in [2.75, 3.05) is 31.5 Å². The lowest BCUT2D eigenvalue weighted by Gasteiger charge is -2.34. The van der Waals surface area contributed by atoms with Crippen LogP contribution in [0.3, 0.4) is 0 Å². The number of nitrogens with one attached hydrogen (secondary N) is 1. The predicted octanol–water partition coefficient (Wildman–Crippen LogP) is 4.50. The van der Waals surface area contributed by atoms with Gasteiger partial charge in [-0.3, -0.25) is 9.59 Å². The summed E-state index contributed by atoms with van der Waals surface area (Å²) in [5.74, 6) is -1.74. The number of hydrogen-bond donors (Lipinski definition) is 1. The van der Waals surface area contributed by atoms with E-state index < -0.39 is 40.4 Å². The monoisotopic (exact) mass is 602 g/mol. The molecule has 2 amide bonds. The molecule has 0 bridgehead atoms. The van der Waals surface area contributed by atoms with Gasteiger partial charge in [-0.1, -0.05) is 86.1 Å². The van der Waals surface area contributed by atoms with Gasteiger partial charge in [0.2, 0.25) is 11.8 Å². The van der Waals surface area contributed by atoms with Gasteiger partial charge >= 0.3 is 10.2 Å². The second kappa shape index (κ2) is 14.4. The molecule has 0 aliphatic heterocycles. The third kappa shape index (κ3) is 8.51. The Morgan fingerprint density at radius 3 is 2.15 bits per heavy atom. The topological polar surface area (TPSA) is 90.0 Å². The molecule has 11 heteroatoms. The average Bonchev–Trinajstić information content (AvgIpc) is 2.94. The molecule has 0 unspecified atom stereocenters. The van der Waals surface area contributed by atoms with E-state index in [4.69, 9.17) is 11.6 Å². The Bertz CT molecular complexity index is 1440. The highest BCUT2D eigenvalue weighted by molar-refractivity contribution is 7.90. The Labute approximate surface area is 246 Å². The van der Waals surface area contributed by atoms with Crippen molar-refractivity contribution >= 4 is 39.3 Å². The normalized spacial score (nSPS) is 12.3. The summed E-state index contributed by atoms with van der Waals surface area (Å²) in [5.41, 5.74) is 1.10. The predicted molar refractivity (Wildman–Crippen MR) is 160 cm³/mol. The van der Waals surface area contributed by atoms with Crippen molar-refractivity contribution in [3.8, 4) is 0 Å². The maximum Gasteiger partial charge on any atom is 0.304 e. The number of rotatable bonds is 13. The molecule has 0 heterocycles. The molecule has 3 rings (SSSR count). The van der Waals surface area contributed by atoms with Crippen LogP contribution in [0.25, 0.3) is 0 Å². The molecule has 0 aromatic heterocycles. The van der Waals surface area contributed by atoms with Crippen LogP contribution in [0.5, 0.6) is 0 Å². The number of benzene rings is 3. The number of halogens is 2. The largest absolute Gasteiger partial charge is 0.354 e. The second-order valence-electron chi connectivity index (χ2n) is 10.2. The highest BCUT2D eigenvalue weighted by Gasteiger charge is 2.35. The summed E-state index contributed by atoms with van der Waals surface area (Å²) in [6.45, 7) is 3.48. The summed E-state index contributed by atoms with van der Waals surface area (Å²) in [7, 11) is -1.70. The smallest absolute Gasteiger partial charge is 0.304 e. The Morgan fingerprint density at radius 1 is 0.927 bits per heavy atom. The molecule has 1 atom stereocenters. The highest BCUT2D eigenvalue weighted by Crippen LogP contribution is 2.25. The van der Waals surface area contributed by atoms with Crippen molar-refractivity contribution in [3.05, 3.63) is 101 Å². The Morgan fingerprint density at radius 2 is 1.54 bits per heavy atom. The first-order valence-corrected chi connectivity index (χ1v) is 15.0. The van der Waals surface area contributed by atoms with Gasteiger partial charge in [-0.25, -0.2) is 8.70 Å². The number of nitrogens with zero attached hydrogens (tertiary/aromatic N) is 3. The van der Waals surface area contributed by atoms with Crippen LogP contribution in [-0.2, 0) is 32.8 Å². The van der Waals surface area contributed by atoms with Crippen molar-refractivity contribution in [1.29, 1.82) is 0 Å². The molecule has 3 aromatic rings. The summed E-state index contributed by atoms with van der Waals surface area (Å²) < 4.78 is 43.2. The summed E-state index contributed by atoms with van der Waals surface area (Å²) in [4.78, 5) is 29.1. The minimum absolute atomic E-state index is 0.0712. The number of para-hydroxylation sites is 1. The van der Waals surface area contributed by atoms with E-state index in [1.807, 2.05) is 44.2 Å². The fourth-order valence-electron chi connectivity index (χ4n) is 4.14. The van der Waals surface area contributed by atoms with Gasteiger partial charge in [0, 0.05) is 38.6 Å². The van der Waals surface area contributed by atoms with E-state index >= 15 is 0 Å². The van der Waals surface area contributed by atoms with Crippen molar-refractivity contribution in [3.63, 3.8) is 0 Å². The Hall–Kier alpha value is -3.47. The van der Waals surface area contributed by atoms with Crippen LogP contribution in [0.2, 0.25) is 5.02 Å². The third-order valence-corrected chi connectivity index (χ3v) is 8.57. The van der Waals surface area contributed by atoms with Gasteiger partial charge in [0.25, 0.3) is 0 Å². The molecule has 0 aliphatic rings. The molecule has 41 heavy (non-hydrogen) atoms. The maximum absolute atomic E-state index is 14.9. The molecule has 0 saturated carbocycles. The minimum atomic E-state index is -4.30. The molecular formula is C30H36ClFN4O4S. The van der Waals surface area contributed by atoms with Gasteiger partial charge in [-0.2, -0.15) is 12.7 Å². The standard InChI is InChI=1S/C30H36ClFN4O4S/c1-22(2)19-33-30(38)28(18-23-12-6-5-7-13-23)35(20-24-14-8-9-15-25(24)31)29(37)21-36(41(39,40)34(3)4)27-17-11-10-16-26(27)32/h5-17,22,28H,18-21H2,1-4H3,(H,33,38)/t28-/m1/s1. The van der Waals surface area contributed by atoms with Crippen LogP contribution in [0, 0.1) is 11.7 Å². The number of amides is 2. The lowest BCUT2D eigenvalue weighted by molar-refractivity contribution is -0.140. The molecular weight excluding hydrogens is 567 g/mol. The van der Waals surface area contributed by atoms with E-state index in [-0.39, 0.29) is 24.6 Å². The van der Waals surface area contributed by atoms with Crippen LogP contribution >= 0.6 is 11.6 Å². The Kier molecular flexibility index (Phi) is 11.3. The SMILES string of the molecule is CC(C)CNC(=O)[C@@H](Cc1ccccc1)N(Cc1ccccc1Cl)C(=O)CN(c1ccccc1F)S(=O)(=O)N(C)C. The van der Waals surface area contributed by atoms with Gasteiger partial charge in [0.1, 0.15) is 18.4 Å². The summed E-state index contributed by atoms with van der Waals surface area (Å²) in [6.07, 6.45) is 0.168. The molecule has 0 saturated heterocycles. The average molecular weight is 603 g/mol. The number of carbonyl (C=O) groups is 2. The lowest BCUT2D eigenvalue weighted by atomic mass is 10.0. The van der Waals surface area contributed by atoms with Gasteiger partial charge < -0.3 is 10.2 Å². The first-order chi connectivity index (χ1) is 19.4. The molecule has 1 N–H and O–H groups in total. The van der Waals surface area contributed by atoms with Gasteiger partial charge in [0.15, 0.2) is 0 Å². The van der Waals surface area contributed by atoms with Crippen LogP contribution < -0.4 is 9.62 Å². The summed E-state index contributed by atoms with van der Waals surface area (Å²) >= 11 is 6.46. The third-order valence-electron chi connectivity index (χ3n) is 6.39. The number of anilines is 1. The van der Waals surface area contributed by atoms with Crippen LogP contribution in [-0.4, -0.2) is 62.7 Å². The number of carbonyl (C=O) groups excluding carboxylic acids is 2. The minimum Gasteiger partial charge on any atom is -0.354 e. The van der Waals surface area contributed by atoms with E-state index in [2.05, 4.69) is 5.32 Å². The maximum atomic E-state index is 14.9.